The number of aliphatic carboxylic acids is 1. The highest BCUT2D eigenvalue weighted by molar-refractivity contribution is 6.04. The molecule has 10 heteroatoms. The third-order valence-electron chi connectivity index (χ3n) is 7.04. The van der Waals surface area contributed by atoms with Crippen molar-refractivity contribution in [3.8, 4) is 11.3 Å². The maximum atomic E-state index is 12.9. The number of carboxylic acid groups (broad SMARTS) is 1. The van der Waals surface area contributed by atoms with Gasteiger partial charge in [-0.05, 0) is 74.0 Å². The van der Waals surface area contributed by atoms with Gasteiger partial charge in [0.1, 0.15) is 0 Å². The first-order valence-electron chi connectivity index (χ1n) is 14.4. The second-order valence-electron chi connectivity index (χ2n) is 10.5. The Morgan fingerprint density at radius 2 is 1.74 bits per heavy atom. The lowest BCUT2D eigenvalue weighted by atomic mass is 10.1. The third kappa shape index (κ3) is 9.69. The van der Waals surface area contributed by atoms with Crippen molar-refractivity contribution in [2.75, 3.05) is 43.9 Å². The van der Waals surface area contributed by atoms with E-state index < -0.39 is 5.97 Å². The van der Waals surface area contributed by atoms with Gasteiger partial charge in [0.15, 0.2) is 0 Å². The monoisotopic (exact) mass is 581 g/mol. The number of benzene rings is 2. The first-order chi connectivity index (χ1) is 20.8. The summed E-state index contributed by atoms with van der Waals surface area (Å²) in [6, 6.07) is 19.3. The van der Waals surface area contributed by atoms with Crippen LogP contribution in [0.25, 0.3) is 11.3 Å². The fourth-order valence-corrected chi connectivity index (χ4v) is 4.49. The molecule has 3 heterocycles. The minimum absolute atomic E-state index is 0.143. The van der Waals surface area contributed by atoms with Crippen molar-refractivity contribution < 1.29 is 14.7 Å². The van der Waals surface area contributed by atoms with Gasteiger partial charge >= 0.3 is 5.97 Å². The molecule has 0 radical (unpaired) electrons. The molecular weight excluding hydrogens is 542 g/mol. The number of nitrogens with one attached hydrogen (secondary N) is 2. The standard InChI is InChI=1S/C29H31N7O.C4H8O2/c1-21-5-10-25(18-27(21)34-29-31-13-11-26(33-29)24-4-3-12-30-19-24)32-28(37)23-8-6-22(7-9-23)20-36-16-14-35(2)15-17-36;1-2-3-4(5)6/h3-13,18-19H,14-17,20H2,1-2H3,(H,32,37)(H,31,33,34);2-3H2,1H3,(H,5,6). The minimum Gasteiger partial charge on any atom is -0.481 e. The predicted octanol–water partition coefficient (Wildman–Crippen LogP) is 5.46. The maximum absolute atomic E-state index is 12.9. The summed E-state index contributed by atoms with van der Waals surface area (Å²) in [5.74, 6) is -0.378. The molecule has 0 bridgehead atoms. The summed E-state index contributed by atoms with van der Waals surface area (Å²) in [5, 5.41) is 14.2. The van der Waals surface area contributed by atoms with Gasteiger partial charge in [-0.1, -0.05) is 25.1 Å². The molecule has 1 saturated heterocycles. The highest BCUT2D eigenvalue weighted by Crippen LogP contribution is 2.25. The Hall–Kier alpha value is -4.67. The molecule has 0 spiro atoms. The normalized spacial score (nSPS) is 13.5. The van der Waals surface area contributed by atoms with Gasteiger partial charge in [0, 0.05) is 80.2 Å². The highest BCUT2D eigenvalue weighted by Gasteiger charge is 2.14. The number of anilines is 3. The predicted molar refractivity (Wildman–Crippen MR) is 169 cm³/mol. The highest BCUT2D eigenvalue weighted by atomic mass is 16.4. The van der Waals surface area contributed by atoms with Crippen molar-refractivity contribution in [2.45, 2.75) is 33.2 Å². The van der Waals surface area contributed by atoms with Gasteiger partial charge in [0.25, 0.3) is 5.91 Å². The van der Waals surface area contributed by atoms with Crippen molar-refractivity contribution >= 4 is 29.2 Å². The second kappa shape index (κ2) is 15.5. The van der Waals surface area contributed by atoms with Crippen molar-refractivity contribution in [3.63, 3.8) is 0 Å². The molecule has 2 aromatic heterocycles. The van der Waals surface area contributed by atoms with E-state index in [1.807, 2.05) is 74.5 Å². The summed E-state index contributed by atoms with van der Waals surface area (Å²) in [6.07, 6.45) is 6.24. The molecule has 224 valence electrons. The summed E-state index contributed by atoms with van der Waals surface area (Å²) in [7, 11) is 2.16. The van der Waals surface area contributed by atoms with Crippen LogP contribution >= 0.6 is 0 Å². The molecule has 0 saturated carbocycles. The van der Waals surface area contributed by atoms with E-state index in [1.54, 1.807) is 18.6 Å². The molecule has 1 aliphatic heterocycles. The molecule has 0 aliphatic carbocycles. The van der Waals surface area contributed by atoms with Crippen LogP contribution in [0, 0.1) is 6.92 Å². The lowest BCUT2D eigenvalue weighted by Crippen LogP contribution is -2.43. The largest absolute Gasteiger partial charge is 0.481 e. The van der Waals surface area contributed by atoms with Crippen LogP contribution in [-0.2, 0) is 11.3 Å². The van der Waals surface area contributed by atoms with Gasteiger partial charge in [-0.3, -0.25) is 19.5 Å². The second-order valence-corrected chi connectivity index (χ2v) is 10.5. The van der Waals surface area contributed by atoms with Crippen molar-refractivity contribution in [1.29, 1.82) is 0 Å². The molecule has 1 aliphatic rings. The van der Waals surface area contributed by atoms with Crippen LogP contribution in [0.15, 0.2) is 79.3 Å². The van der Waals surface area contributed by atoms with Crippen LogP contribution in [0.1, 0.15) is 41.3 Å². The van der Waals surface area contributed by atoms with Gasteiger partial charge in [-0.2, -0.15) is 0 Å². The molecule has 10 nitrogen and oxygen atoms in total. The molecule has 5 rings (SSSR count). The van der Waals surface area contributed by atoms with E-state index >= 15 is 0 Å². The molecule has 1 amide bonds. The number of nitrogens with zero attached hydrogens (tertiary/aromatic N) is 5. The number of amides is 1. The summed E-state index contributed by atoms with van der Waals surface area (Å²) >= 11 is 0. The van der Waals surface area contributed by atoms with E-state index in [4.69, 9.17) is 5.11 Å². The number of piperazine rings is 1. The molecule has 3 N–H and O–H groups in total. The maximum Gasteiger partial charge on any atom is 0.303 e. The van der Waals surface area contributed by atoms with E-state index in [0.717, 1.165) is 61.7 Å². The summed E-state index contributed by atoms with van der Waals surface area (Å²) in [4.78, 5) is 40.5. The molecule has 0 atom stereocenters. The number of hydrogen-bond acceptors (Lipinski definition) is 8. The summed E-state index contributed by atoms with van der Waals surface area (Å²) < 4.78 is 0. The average Bonchev–Trinajstić information content (AvgIpc) is 3.01. The molecule has 1 fully saturated rings. The number of carbonyl (C=O) groups excluding carboxylic acids is 1. The van der Waals surface area contributed by atoms with Crippen LogP contribution in [0.5, 0.6) is 0 Å². The summed E-state index contributed by atoms with van der Waals surface area (Å²) in [5.41, 5.74) is 6.08. The lowest BCUT2D eigenvalue weighted by molar-refractivity contribution is -0.137. The Morgan fingerprint density at radius 3 is 2.40 bits per heavy atom. The van der Waals surface area contributed by atoms with Crippen LogP contribution in [0.2, 0.25) is 0 Å². The molecule has 2 aromatic carbocycles. The Morgan fingerprint density at radius 1 is 0.977 bits per heavy atom. The van der Waals surface area contributed by atoms with Crippen molar-refractivity contribution in [3.05, 3.63) is 95.9 Å². The fraction of sp³-hybridized carbons (Fsp3) is 0.303. The Labute approximate surface area is 252 Å². The number of carboxylic acids is 1. The van der Waals surface area contributed by atoms with Crippen molar-refractivity contribution in [1.82, 2.24) is 24.8 Å². The summed E-state index contributed by atoms with van der Waals surface area (Å²) in [6.45, 7) is 9.08. The fourth-order valence-electron chi connectivity index (χ4n) is 4.49. The zero-order valence-electron chi connectivity index (χ0n) is 25.0. The number of aromatic nitrogens is 3. The zero-order chi connectivity index (χ0) is 30.6. The van der Waals surface area contributed by atoms with Gasteiger partial charge in [-0.15, -0.1) is 0 Å². The zero-order valence-corrected chi connectivity index (χ0v) is 25.0. The van der Waals surface area contributed by atoms with Gasteiger partial charge < -0.3 is 20.6 Å². The number of likely N-dealkylation sites (N-methyl/N-ethyl adjacent to an activating group) is 1. The third-order valence-corrected chi connectivity index (χ3v) is 7.04. The first-order valence-corrected chi connectivity index (χ1v) is 14.4. The van der Waals surface area contributed by atoms with Crippen LogP contribution < -0.4 is 10.6 Å². The number of carbonyl (C=O) groups is 2. The van der Waals surface area contributed by atoms with Crippen LogP contribution in [0.3, 0.4) is 0 Å². The van der Waals surface area contributed by atoms with Gasteiger partial charge in [-0.25, -0.2) is 9.97 Å². The number of rotatable bonds is 9. The Balaban J connectivity index is 0.000000641. The smallest absolute Gasteiger partial charge is 0.303 e. The SMILES string of the molecule is CCCC(=O)O.Cc1ccc(NC(=O)c2ccc(CN3CCN(C)CC3)cc2)cc1Nc1nccc(-c2cccnc2)n1. The van der Waals surface area contributed by atoms with E-state index in [-0.39, 0.29) is 5.91 Å². The minimum atomic E-state index is -0.711. The molecule has 43 heavy (non-hydrogen) atoms. The molecular formula is C33H39N7O3. The quantitative estimate of drug-likeness (QED) is 0.236. The van der Waals surface area contributed by atoms with E-state index in [2.05, 4.69) is 42.4 Å². The number of aryl methyl sites for hydroxylation is 1. The van der Waals surface area contributed by atoms with Crippen LogP contribution in [0.4, 0.5) is 17.3 Å². The van der Waals surface area contributed by atoms with E-state index in [9.17, 15) is 9.59 Å². The lowest BCUT2D eigenvalue weighted by Gasteiger charge is -2.32. The molecule has 0 unspecified atom stereocenters. The Bertz CT molecular complexity index is 1490. The Kier molecular flexibility index (Phi) is 11.3. The van der Waals surface area contributed by atoms with Gasteiger partial charge in [0.05, 0.1) is 5.69 Å². The topological polar surface area (TPSA) is 124 Å². The van der Waals surface area contributed by atoms with Crippen LogP contribution in [-0.4, -0.2) is 75.0 Å². The van der Waals surface area contributed by atoms with E-state index in [1.165, 1.54) is 5.56 Å². The average molecular weight is 582 g/mol. The van der Waals surface area contributed by atoms with Gasteiger partial charge in [0.2, 0.25) is 5.95 Å². The van der Waals surface area contributed by atoms with E-state index in [0.29, 0.717) is 23.6 Å². The van der Waals surface area contributed by atoms with Crippen molar-refractivity contribution in [2.24, 2.45) is 0 Å². The number of hydrogen-bond donors (Lipinski definition) is 3. The number of pyridine rings is 1. The molecule has 4 aromatic rings. The first kappa shape index (κ1) is 31.3.